The highest BCUT2D eigenvalue weighted by atomic mass is 16.5. The van der Waals surface area contributed by atoms with Gasteiger partial charge in [0, 0.05) is 5.70 Å². The summed E-state index contributed by atoms with van der Waals surface area (Å²) in [5.74, 6) is 0.808. The molecule has 1 aliphatic heterocycles. The van der Waals surface area contributed by atoms with Crippen molar-refractivity contribution in [2.24, 2.45) is 0 Å². The molecule has 0 unspecified atom stereocenters. The van der Waals surface area contributed by atoms with Crippen LogP contribution in [0.5, 0.6) is 11.5 Å². The van der Waals surface area contributed by atoms with Crippen LogP contribution in [0.3, 0.4) is 0 Å². The highest BCUT2D eigenvalue weighted by Crippen LogP contribution is 2.35. The van der Waals surface area contributed by atoms with Crippen LogP contribution in [-0.4, -0.2) is 31.8 Å². The highest BCUT2D eigenvalue weighted by Gasteiger charge is 2.34. The molecule has 1 aromatic carbocycles. The molecule has 2 N–H and O–H groups in total. The van der Waals surface area contributed by atoms with E-state index < -0.39 is 6.04 Å². The van der Waals surface area contributed by atoms with Crippen molar-refractivity contribution >= 4 is 12.0 Å². The smallest absolute Gasteiger partial charge is 0.338 e. The third-order valence-electron chi connectivity index (χ3n) is 5.80. The lowest BCUT2D eigenvalue weighted by atomic mass is 9.94. The van der Waals surface area contributed by atoms with Gasteiger partial charge in [0.2, 0.25) is 0 Å². The summed E-state index contributed by atoms with van der Waals surface area (Å²) in [6.45, 7) is 4.35. The summed E-state index contributed by atoms with van der Waals surface area (Å²) in [6.07, 6.45) is 8.35. The molecule has 2 amide bonds. The normalized spacial score (nSPS) is 20.2. The number of carbonyl (C=O) groups is 2. The van der Waals surface area contributed by atoms with Crippen molar-refractivity contribution in [1.29, 1.82) is 0 Å². The van der Waals surface area contributed by atoms with E-state index in [0.717, 1.165) is 37.7 Å². The molecule has 7 nitrogen and oxygen atoms in total. The van der Waals surface area contributed by atoms with Gasteiger partial charge in [-0.15, -0.1) is 0 Å². The Morgan fingerprint density at radius 2 is 1.81 bits per heavy atom. The van der Waals surface area contributed by atoms with Crippen molar-refractivity contribution in [1.82, 2.24) is 10.6 Å². The lowest BCUT2D eigenvalue weighted by Gasteiger charge is -2.30. The molecule has 0 radical (unpaired) electrons. The van der Waals surface area contributed by atoms with Crippen LogP contribution >= 0.6 is 0 Å². The number of carbonyl (C=O) groups excluding carboxylic acids is 2. The zero-order valence-electron chi connectivity index (χ0n) is 18.8. The zero-order valence-corrected chi connectivity index (χ0v) is 18.8. The van der Waals surface area contributed by atoms with Gasteiger partial charge in [-0.05, 0) is 56.7 Å². The molecule has 7 heteroatoms. The molecular weight excluding hydrogens is 396 g/mol. The van der Waals surface area contributed by atoms with Crippen LogP contribution in [0, 0.1) is 0 Å². The maximum absolute atomic E-state index is 13.2. The van der Waals surface area contributed by atoms with Crippen LogP contribution < -0.4 is 20.1 Å². The van der Waals surface area contributed by atoms with Crippen molar-refractivity contribution in [3.8, 4) is 11.5 Å². The van der Waals surface area contributed by atoms with Gasteiger partial charge in [-0.2, -0.15) is 0 Å². The summed E-state index contributed by atoms with van der Waals surface area (Å²) < 4.78 is 17.1. The van der Waals surface area contributed by atoms with Crippen LogP contribution in [0.4, 0.5) is 4.79 Å². The summed E-state index contributed by atoms with van der Waals surface area (Å²) >= 11 is 0. The van der Waals surface area contributed by atoms with E-state index in [9.17, 15) is 9.59 Å². The summed E-state index contributed by atoms with van der Waals surface area (Å²) in [5, 5.41) is 5.57. The van der Waals surface area contributed by atoms with Crippen LogP contribution in [0.1, 0.15) is 76.8 Å². The number of amides is 2. The third kappa shape index (κ3) is 5.93. The first-order chi connectivity index (χ1) is 15.0. The molecule has 1 saturated carbocycles. The quantitative estimate of drug-likeness (QED) is 0.609. The molecule has 1 aliphatic carbocycles. The fraction of sp³-hybridized carbons (Fsp3) is 0.583. The van der Waals surface area contributed by atoms with Gasteiger partial charge in [-0.25, -0.2) is 9.59 Å². The van der Waals surface area contributed by atoms with Crippen molar-refractivity contribution < 1.29 is 23.8 Å². The van der Waals surface area contributed by atoms with E-state index >= 15 is 0 Å². The lowest BCUT2D eigenvalue weighted by Crippen LogP contribution is -2.45. The molecule has 1 atom stereocenters. The van der Waals surface area contributed by atoms with E-state index in [4.69, 9.17) is 14.2 Å². The van der Waals surface area contributed by atoms with Crippen LogP contribution in [0.2, 0.25) is 0 Å². The number of nitrogens with one attached hydrogen (secondary N) is 2. The molecule has 0 saturated heterocycles. The molecule has 0 spiro atoms. The Balaban J connectivity index is 1.84. The number of esters is 1. The van der Waals surface area contributed by atoms with E-state index in [2.05, 4.69) is 10.6 Å². The number of hydrogen-bond donors (Lipinski definition) is 2. The van der Waals surface area contributed by atoms with Crippen molar-refractivity contribution in [3.63, 3.8) is 0 Å². The van der Waals surface area contributed by atoms with Gasteiger partial charge in [0.05, 0.1) is 25.3 Å². The minimum Gasteiger partial charge on any atom is -0.493 e. The minimum absolute atomic E-state index is 0.0780. The fourth-order valence-corrected chi connectivity index (χ4v) is 4.16. The van der Waals surface area contributed by atoms with Gasteiger partial charge in [-0.1, -0.05) is 32.3 Å². The molecule has 2 aliphatic rings. The third-order valence-corrected chi connectivity index (χ3v) is 5.80. The van der Waals surface area contributed by atoms with Crippen LogP contribution in [-0.2, 0) is 9.53 Å². The van der Waals surface area contributed by atoms with E-state index in [1.165, 1.54) is 19.3 Å². The second-order valence-corrected chi connectivity index (χ2v) is 8.20. The summed E-state index contributed by atoms with van der Waals surface area (Å²) in [5.41, 5.74) is 1.67. The molecule has 0 aromatic heterocycles. The Bertz CT molecular complexity index is 812. The number of allylic oxidation sites excluding steroid dienone is 1. The van der Waals surface area contributed by atoms with Crippen molar-refractivity contribution in [2.75, 3.05) is 13.7 Å². The average Bonchev–Trinajstić information content (AvgIpc) is 2.73. The van der Waals surface area contributed by atoms with Gasteiger partial charge < -0.3 is 24.8 Å². The summed E-state index contributed by atoms with van der Waals surface area (Å²) in [4.78, 5) is 25.4. The predicted molar refractivity (Wildman–Crippen MR) is 118 cm³/mol. The number of urea groups is 1. The Morgan fingerprint density at radius 1 is 1.10 bits per heavy atom. The first-order valence-corrected chi connectivity index (χ1v) is 11.3. The summed E-state index contributed by atoms with van der Waals surface area (Å²) in [7, 11) is 1.57. The molecule has 1 heterocycles. The van der Waals surface area contributed by atoms with Crippen molar-refractivity contribution in [3.05, 3.63) is 35.0 Å². The number of hydrogen-bond acceptors (Lipinski definition) is 5. The standard InChI is InChI=1S/C24H34N2O5/c1-4-14-30-19-13-12-17(15-20(19)29-3)22-21(16(2)25-24(28)26-22)23(27)31-18-10-8-6-5-7-9-11-18/h12-13,15,18,22H,4-11,14H2,1-3H3,(H2,25,26,28)/t22-/m1/s1. The maximum Gasteiger partial charge on any atom is 0.338 e. The van der Waals surface area contributed by atoms with E-state index in [1.807, 2.05) is 19.1 Å². The Hall–Kier alpha value is -2.70. The Kier molecular flexibility index (Phi) is 8.20. The fourth-order valence-electron chi connectivity index (χ4n) is 4.16. The second kappa shape index (κ2) is 11.1. The van der Waals surface area contributed by atoms with Crippen LogP contribution in [0.15, 0.2) is 29.5 Å². The van der Waals surface area contributed by atoms with Gasteiger partial charge in [0.1, 0.15) is 6.10 Å². The number of methoxy groups -OCH3 is 1. The molecule has 170 valence electrons. The molecule has 1 aromatic rings. The Morgan fingerprint density at radius 3 is 2.48 bits per heavy atom. The van der Waals surface area contributed by atoms with Gasteiger partial charge in [0.25, 0.3) is 0 Å². The molecule has 31 heavy (non-hydrogen) atoms. The maximum atomic E-state index is 13.2. The first-order valence-electron chi connectivity index (χ1n) is 11.3. The Labute approximate surface area is 184 Å². The minimum atomic E-state index is -0.621. The monoisotopic (exact) mass is 430 g/mol. The number of ether oxygens (including phenoxy) is 3. The predicted octanol–water partition coefficient (Wildman–Crippen LogP) is 4.77. The largest absolute Gasteiger partial charge is 0.493 e. The second-order valence-electron chi connectivity index (χ2n) is 8.20. The topological polar surface area (TPSA) is 85.9 Å². The SMILES string of the molecule is CCCOc1ccc([C@H]2NC(=O)NC(C)=C2C(=O)OC2CCCCCCC2)cc1OC. The van der Waals surface area contributed by atoms with E-state index in [1.54, 1.807) is 20.1 Å². The molecule has 3 rings (SSSR count). The van der Waals surface area contributed by atoms with Crippen molar-refractivity contribution in [2.45, 2.75) is 77.4 Å². The zero-order chi connectivity index (χ0) is 22.2. The highest BCUT2D eigenvalue weighted by molar-refractivity contribution is 5.95. The van der Waals surface area contributed by atoms with E-state index in [-0.39, 0.29) is 18.1 Å². The molecule has 1 fully saturated rings. The van der Waals surface area contributed by atoms with Gasteiger partial charge in [0.15, 0.2) is 11.5 Å². The van der Waals surface area contributed by atoms with E-state index in [0.29, 0.717) is 29.4 Å². The molecule has 0 bridgehead atoms. The number of rotatable bonds is 7. The lowest BCUT2D eigenvalue weighted by molar-refractivity contribution is -0.145. The summed E-state index contributed by atoms with van der Waals surface area (Å²) in [6, 6.07) is 4.49. The average molecular weight is 431 g/mol. The number of benzene rings is 1. The van der Waals surface area contributed by atoms with Gasteiger partial charge in [-0.3, -0.25) is 0 Å². The first kappa shape index (κ1) is 23.0. The van der Waals surface area contributed by atoms with Crippen LogP contribution in [0.25, 0.3) is 0 Å². The molecular formula is C24H34N2O5. The van der Waals surface area contributed by atoms with Gasteiger partial charge >= 0.3 is 12.0 Å².